The number of hydrogen-bond donors (Lipinski definition) is 6. The van der Waals surface area contributed by atoms with Crippen molar-refractivity contribution in [2.24, 2.45) is 22.7 Å². The van der Waals surface area contributed by atoms with Gasteiger partial charge < -0.3 is 73.9 Å². The minimum absolute atomic E-state index is 0.0820. The second kappa shape index (κ2) is 21.6. The summed E-state index contributed by atoms with van der Waals surface area (Å²) in [5.41, 5.74) is -5.59. The largest absolute Gasteiger partial charge is 0.467 e. The third-order valence-corrected chi connectivity index (χ3v) is 14.4. The molecule has 0 saturated carbocycles. The fourth-order valence-corrected chi connectivity index (χ4v) is 10.2. The molecule has 19 heteroatoms. The number of likely N-dealkylation sites (N-methyl/N-ethyl adjacent to an activating group) is 1. The number of rotatable bonds is 12. The molecular weight excluding hydrogens is 845 g/mol. The number of aliphatic hydroxyl groups excluding tert-OH is 1. The number of nitrogens with one attached hydrogen (secondary N) is 2. The van der Waals surface area contributed by atoms with Crippen molar-refractivity contribution in [2.75, 3.05) is 40.9 Å². The molecular formula is C46H80N6O13. The number of aliphatic hydroxyl groups is 4. The number of methoxy groups -OCH3 is 2. The molecule has 4 aliphatic rings. The van der Waals surface area contributed by atoms with Crippen LogP contribution in [0.3, 0.4) is 0 Å². The van der Waals surface area contributed by atoms with Gasteiger partial charge in [0, 0.05) is 39.1 Å². The van der Waals surface area contributed by atoms with Gasteiger partial charge in [0.15, 0.2) is 18.7 Å². The number of aromatic nitrogens is 2. The van der Waals surface area contributed by atoms with Crippen molar-refractivity contribution < 1.29 is 63.1 Å². The number of carbonyl (C=O) groups is 1. The summed E-state index contributed by atoms with van der Waals surface area (Å²) in [6.45, 7) is 21.0. The zero-order valence-electron chi connectivity index (χ0n) is 41.1. The maximum atomic E-state index is 14.5. The lowest BCUT2D eigenvalue weighted by atomic mass is 9.75. The molecule has 1 aromatic heterocycles. The highest BCUT2D eigenvalue weighted by Gasteiger charge is 2.59. The van der Waals surface area contributed by atoms with Gasteiger partial charge in [-0.15, -0.1) is 0 Å². The molecule has 5 heterocycles. The van der Waals surface area contributed by atoms with Crippen LogP contribution in [0.15, 0.2) is 17.4 Å². The summed E-state index contributed by atoms with van der Waals surface area (Å²) in [6, 6.07) is -0.325. The molecule has 18 atom stereocenters. The summed E-state index contributed by atoms with van der Waals surface area (Å²) >= 11 is 0. The van der Waals surface area contributed by atoms with Crippen LogP contribution in [0.4, 0.5) is 5.69 Å². The number of cyclic esters (lactones) is 1. The maximum Gasteiger partial charge on any atom is 0.316 e. The van der Waals surface area contributed by atoms with Gasteiger partial charge in [-0.05, 0) is 93.2 Å². The van der Waals surface area contributed by atoms with E-state index in [0.717, 1.165) is 6.42 Å². The summed E-state index contributed by atoms with van der Waals surface area (Å²) in [5, 5.41) is 54.9. The fourth-order valence-electron chi connectivity index (χ4n) is 10.2. The van der Waals surface area contributed by atoms with Crippen molar-refractivity contribution in [3.8, 4) is 6.01 Å². The van der Waals surface area contributed by atoms with Crippen LogP contribution >= 0.6 is 0 Å². The van der Waals surface area contributed by atoms with E-state index in [0.29, 0.717) is 31.2 Å². The Morgan fingerprint density at radius 2 is 1.66 bits per heavy atom. The van der Waals surface area contributed by atoms with Crippen molar-refractivity contribution in [1.82, 2.24) is 25.5 Å². The first-order valence-electron chi connectivity index (χ1n) is 23.5. The third-order valence-electron chi connectivity index (χ3n) is 14.4. The molecule has 6 N–H and O–H groups in total. The third kappa shape index (κ3) is 11.6. The SMILES string of the molecule is CCCNC[C@]1(O)[C@H](C)O[C@@H](O[C@H]2[C@H](C)[C@@H](O[C@@H]3O[C@H](C)C[C@H]4[C@H]3OC(=Nc3cnc(OC)nc3)N4C)[C@](C)(O)C[C@@H](C)CN[C@H](C)[C@@H](O)[C@](C)(O)[C@@H](CC)OC(=O)[C@@H]2C)C[C@@]1(C)OC. The van der Waals surface area contributed by atoms with Crippen LogP contribution in [0.5, 0.6) is 6.01 Å². The van der Waals surface area contributed by atoms with E-state index < -0.39 is 95.5 Å². The number of aliphatic imine (C=N–C) groups is 1. The summed E-state index contributed by atoms with van der Waals surface area (Å²) in [5.74, 6) is -2.73. The highest BCUT2D eigenvalue weighted by molar-refractivity contribution is 5.79. The molecule has 0 spiro atoms. The minimum atomic E-state index is -1.83. The zero-order chi connectivity index (χ0) is 48.2. The Balaban J connectivity index is 1.57. The average molecular weight is 925 g/mol. The van der Waals surface area contributed by atoms with Gasteiger partial charge in [0.25, 0.3) is 6.02 Å². The summed E-state index contributed by atoms with van der Waals surface area (Å²) in [6.07, 6.45) is -3.32. The van der Waals surface area contributed by atoms with Crippen molar-refractivity contribution in [1.29, 1.82) is 0 Å². The van der Waals surface area contributed by atoms with E-state index >= 15 is 0 Å². The Labute approximate surface area is 385 Å². The molecule has 19 nitrogen and oxygen atoms in total. The van der Waals surface area contributed by atoms with Gasteiger partial charge in [0.05, 0.1) is 61.5 Å². The van der Waals surface area contributed by atoms with Gasteiger partial charge in [-0.1, -0.05) is 27.7 Å². The maximum absolute atomic E-state index is 14.5. The van der Waals surface area contributed by atoms with Gasteiger partial charge >= 0.3 is 12.0 Å². The molecule has 372 valence electrons. The smallest absolute Gasteiger partial charge is 0.316 e. The van der Waals surface area contributed by atoms with E-state index in [4.69, 9.17) is 42.9 Å². The average Bonchev–Trinajstić information content (AvgIpc) is 3.57. The van der Waals surface area contributed by atoms with E-state index in [1.54, 1.807) is 34.6 Å². The molecule has 4 fully saturated rings. The van der Waals surface area contributed by atoms with Crippen LogP contribution < -0.4 is 15.4 Å². The Morgan fingerprint density at radius 3 is 2.28 bits per heavy atom. The number of esters is 1. The predicted molar refractivity (Wildman–Crippen MR) is 240 cm³/mol. The minimum Gasteiger partial charge on any atom is -0.467 e. The van der Waals surface area contributed by atoms with E-state index in [2.05, 4.69) is 20.6 Å². The summed E-state index contributed by atoms with van der Waals surface area (Å²) in [4.78, 5) is 29.5. The van der Waals surface area contributed by atoms with Crippen LogP contribution in [0.25, 0.3) is 0 Å². The fraction of sp³-hybridized carbons (Fsp3) is 0.870. The quantitative estimate of drug-likeness (QED) is 0.131. The Kier molecular flexibility index (Phi) is 17.7. The monoisotopic (exact) mass is 925 g/mol. The molecule has 0 radical (unpaired) electrons. The lowest BCUT2D eigenvalue weighted by molar-refractivity contribution is -0.335. The number of hydrogen-bond acceptors (Lipinski definition) is 18. The van der Waals surface area contributed by atoms with Gasteiger partial charge in [-0.3, -0.25) is 4.79 Å². The first-order valence-corrected chi connectivity index (χ1v) is 23.5. The molecule has 0 amide bonds. The number of nitrogens with zero attached hydrogens (tertiary/aromatic N) is 4. The van der Waals surface area contributed by atoms with Crippen molar-refractivity contribution in [3.05, 3.63) is 12.4 Å². The second-order valence-electron chi connectivity index (χ2n) is 19.8. The first-order chi connectivity index (χ1) is 30.5. The summed E-state index contributed by atoms with van der Waals surface area (Å²) in [7, 11) is 4.91. The molecule has 5 rings (SSSR count). The van der Waals surface area contributed by atoms with Crippen LogP contribution in [-0.4, -0.2) is 178 Å². The lowest BCUT2D eigenvalue weighted by Gasteiger charge is -2.53. The molecule has 0 aliphatic carbocycles. The molecule has 0 unspecified atom stereocenters. The second-order valence-corrected chi connectivity index (χ2v) is 19.8. The standard InChI is InChI=1S/C46H80N6O13/c1-15-17-47-24-46(57)30(8)61-34(20-44(46,10)59-14)63-35-27(5)38(43(9,55)19-25(3)21-48-29(7)37(53)45(11,56)33(16-2)62-39(54)28(35)6)65-40-36-32(18-26(4)60-40)52(12)42(64-36)51-31-22-49-41(58-13)50-23-31/h22-23,25-30,32-38,40,47-48,53,55-57H,15-21,24H2,1-14H3/t25-,26-,27+,28-,29-,30+,32+,33-,34+,35+,36-,37-,38-,40+,43-,44-,45-,46+/m1/s1. The van der Waals surface area contributed by atoms with Crippen molar-refractivity contribution in [3.63, 3.8) is 0 Å². The molecule has 0 bridgehead atoms. The highest BCUT2D eigenvalue weighted by Crippen LogP contribution is 2.44. The number of amidine groups is 1. The Morgan fingerprint density at radius 1 is 0.985 bits per heavy atom. The van der Waals surface area contributed by atoms with Crippen LogP contribution in [0, 0.1) is 17.8 Å². The van der Waals surface area contributed by atoms with E-state index in [-0.39, 0.29) is 49.9 Å². The van der Waals surface area contributed by atoms with Gasteiger partial charge in [-0.25, -0.2) is 9.97 Å². The number of fused-ring (bicyclic) bond motifs is 1. The van der Waals surface area contributed by atoms with E-state index in [9.17, 15) is 25.2 Å². The van der Waals surface area contributed by atoms with Gasteiger partial charge in [0.1, 0.15) is 34.7 Å². The van der Waals surface area contributed by atoms with Crippen LogP contribution in [0.2, 0.25) is 0 Å². The van der Waals surface area contributed by atoms with Crippen LogP contribution in [0.1, 0.15) is 108 Å². The normalized spacial score (nSPS) is 44.1. The van der Waals surface area contributed by atoms with Crippen LogP contribution in [-0.2, 0) is 38.0 Å². The van der Waals surface area contributed by atoms with Gasteiger partial charge in [-0.2, -0.15) is 4.99 Å². The van der Waals surface area contributed by atoms with Crippen molar-refractivity contribution >= 4 is 17.7 Å². The van der Waals surface area contributed by atoms with E-state index in [1.807, 2.05) is 46.6 Å². The Hall–Kier alpha value is -2.82. The topological polar surface area (TPSA) is 237 Å². The molecule has 4 aliphatic heterocycles. The zero-order valence-corrected chi connectivity index (χ0v) is 41.1. The lowest BCUT2D eigenvalue weighted by Crippen LogP contribution is -2.70. The molecule has 1 aromatic rings. The van der Waals surface area contributed by atoms with Crippen molar-refractivity contribution in [2.45, 2.75) is 198 Å². The Bertz CT molecular complexity index is 1730. The predicted octanol–water partition coefficient (Wildman–Crippen LogP) is 2.82. The number of carbonyl (C=O) groups excluding carboxylic acids is 1. The van der Waals surface area contributed by atoms with Gasteiger partial charge in [0.2, 0.25) is 0 Å². The molecule has 65 heavy (non-hydrogen) atoms. The molecule has 0 aromatic carbocycles. The first kappa shape index (κ1) is 53.1. The highest BCUT2D eigenvalue weighted by atomic mass is 16.7. The molecule has 4 saturated heterocycles. The summed E-state index contributed by atoms with van der Waals surface area (Å²) < 4.78 is 50.9. The van der Waals surface area contributed by atoms with E-state index in [1.165, 1.54) is 33.5 Å². The number of ether oxygens (including phenoxy) is 8.